The Hall–Kier alpha value is -1.09. The van der Waals surface area contributed by atoms with E-state index in [1.807, 2.05) is 0 Å². The summed E-state index contributed by atoms with van der Waals surface area (Å²) in [5.74, 6) is 1.37. The summed E-state index contributed by atoms with van der Waals surface area (Å²) in [5, 5.41) is 3.43. The first-order valence-electron chi connectivity index (χ1n) is 8.02. The smallest absolute Gasteiger partial charge is 0.213 e. The van der Waals surface area contributed by atoms with Crippen LogP contribution >= 0.6 is 0 Å². The minimum absolute atomic E-state index is 0.591. The molecule has 1 unspecified atom stereocenters. The third-order valence-electron chi connectivity index (χ3n) is 3.33. The summed E-state index contributed by atoms with van der Waals surface area (Å²) in [4.78, 5) is 4.56. The summed E-state index contributed by atoms with van der Waals surface area (Å²) in [6.45, 7) is 11.5. The molecule has 0 bridgehead atoms. The van der Waals surface area contributed by atoms with Gasteiger partial charge in [-0.15, -0.1) is 0 Å². The van der Waals surface area contributed by atoms with Crippen LogP contribution in [-0.2, 0) is 13.0 Å². The second-order valence-corrected chi connectivity index (χ2v) is 5.54. The molecular formula is C17H30N2O. The second-order valence-electron chi connectivity index (χ2n) is 5.54. The van der Waals surface area contributed by atoms with Crippen molar-refractivity contribution >= 4 is 0 Å². The highest BCUT2D eigenvalue weighted by Gasteiger charge is 2.06. The molecule has 1 aromatic heterocycles. The molecule has 3 heteroatoms. The molecule has 1 atom stereocenters. The van der Waals surface area contributed by atoms with Gasteiger partial charge in [-0.1, -0.05) is 34.1 Å². The maximum atomic E-state index is 5.87. The normalized spacial score (nSPS) is 12.4. The largest absolute Gasteiger partial charge is 0.477 e. The zero-order valence-electron chi connectivity index (χ0n) is 13.5. The number of nitrogens with zero attached hydrogens (tertiary/aromatic N) is 1. The zero-order valence-corrected chi connectivity index (χ0v) is 13.5. The molecular weight excluding hydrogens is 248 g/mol. The predicted octanol–water partition coefficient (Wildman–Crippen LogP) is 3.96. The predicted molar refractivity (Wildman–Crippen MR) is 85.2 cm³/mol. The Kier molecular flexibility index (Phi) is 8.28. The standard InChI is InChI=1S/C17H30N2O/c1-5-8-14(4)13-20-17-11-15(12-18-9-6-2)10-16(7-3)19-17/h10-11,14,18H,5-9,12-13H2,1-4H3. The maximum absolute atomic E-state index is 5.87. The summed E-state index contributed by atoms with van der Waals surface area (Å²) >= 11 is 0. The van der Waals surface area contributed by atoms with Crippen LogP contribution in [0, 0.1) is 5.92 Å². The van der Waals surface area contributed by atoms with Crippen LogP contribution in [0.25, 0.3) is 0 Å². The van der Waals surface area contributed by atoms with Crippen LogP contribution in [0.5, 0.6) is 5.88 Å². The first-order chi connectivity index (χ1) is 9.69. The molecule has 20 heavy (non-hydrogen) atoms. The monoisotopic (exact) mass is 278 g/mol. The van der Waals surface area contributed by atoms with Gasteiger partial charge in [0.2, 0.25) is 5.88 Å². The molecule has 3 nitrogen and oxygen atoms in total. The van der Waals surface area contributed by atoms with Gasteiger partial charge in [0.1, 0.15) is 0 Å². The van der Waals surface area contributed by atoms with Gasteiger partial charge >= 0.3 is 0 Å². The van der Waals surface area contributed by atoms with Gasteiger partial charge in [0.25, 0.3) is 0 Å². The van der Waals surface area contributed by atoms with Crippen molar-refractivity contribution in [2.45, 2.75) is 59.9 Å². The van der Waals surface area contributed by atoms with Crippen LogP contribution in [0.15, 0.2) is 12.1 Å². The highest BCUT2D eigenvalue weighted by molar-refractivity contribution is 5.25. The fraction of sp³-hybridized carbons (Fsp3) is 0.706. The van der Waals surface area contributed by atoms with Crippen LogP contribution in [0.3, 0.4) is 0 Å². The van der Waals surface area contributed by atoms with Gasteiger partial charge < -0.3 is 10.1 Å². The van der Waals surface area contributed by atoms with Gasteiger partial charge in [0.15, 0.2) is 0 Å². The number of hydrogen-bond acceptors (Lipinski definition) is 3. The average Bonchev–Trinajstić information content (AvgIpc) is 2.45. The molecule has 1 rings (SSSR count). The van der Waals surface area contributed by atoms with Crippen molar-refractivity contribution in [2.24, 2.45) is 5.92 Å². The van der Waals surface area contributed by atoms with Gasteiger partial charge in [-0.05, 0) is 43.4 Å². The number of ether oxygens (including phenoxy) is 1. The number of rotatable bonds is 10. The Balaban J connectivity index is 2.62. The minimum atomic E-state index is 0.591. The summed E-state index contributed by atoms with van der Waals surface area (Å²) in [7, 11) is 0. The van der Waals surface area contributed by atoms with Gasteiger partial charge in [0, 0.05) is 18.3 Å². The molecule has 1 N–H and O–H groups in total. The van der Waals surface area contributed by atoms with E-state index < -0.39 is 0 Å². The molecule has 0 aliphatic rings. The third-order valence-corrected chi connectivity index (χ3v) is 3.33. The molecule has 0 saturated carbocycles. The first-order valence-corrected chi connectivity index (χ1v) is 8.02. The summed E-state index contributed by atoms with van der Waals surface area (Å²) in [6.07, 6.45) is 4.52. The molecule has 0 saturated heterocycles. The molecule has 0 radical (unpaired) electrons. The Labute approximate surface area is 124 Å². The van der Waals surface area contributed by atoms with E-state index in [9.17, 15) is 0 Å². The van der Waals surface area contributed by atoms with Crippen LogP contribution in [0.2, 0.25) is 0 Å². The van der Waals surface area contributed by atoms with Gasteiger partial charge in [0.05, 0.1) is 6.61 Å². The van der Waals surface area contributed by atoms with Gasteiger partial charge in [-0.25, -0.2) is 4.98 Å². The lowest BCUT2D eigenvalue weighted by Gasteiger charge is -2.13. The molecule has 0 aromatic carbocycles. The fourth-order valence-electron chi connectivity index (χ4n) is 2.19. The lowest BCUT2D eigenvalue weighted by molar-refractivity contribution is 0.242. The fourth-order valence-corrected chi connectivity index (χ4v) is 2.19. The highest BCUT2D eigenvalue weighted by atomic mass is 16.5. The molecule has 0 spiro atoms. The average molecular weight is 278 g/mol. The lowest BCUT2D eigenvalue weighted by Crippen LogP contribution is -2.15. The SMILES string of the molecule is CCCNCc1cc(CC)nc(OCC(C)CCC)c1. The minimum Gasteiger partial charge on any atom is -0.477 e. The molecule has 0 aliphatic heterocycles. The third kappa shape index (κ3) is 6.38. The van der Waals surface area contributed by atoms with Crippen molar-refractivity contribution in [1.82, 2.24) is 10.3 Å². The van der Waals surface area contributed by atoms with Crippen molar-refractivity contribution in [3.05, 3.63) is 23.4 Å². The summed E-state index contributed by atoms with van der Waals surface area (Å²) < 4.78 is 5.87. The van der Waals surface area contributed by atoms with Crippen molar-refractivity contribution in [2.75, 3.05) is 13.2 Å². The van der Waals surface area contributed by atoms with E-state index in [0.717, 1.165) is 44.1 Å². The Bertz CT molecular complexity index is 379. The maximum Gasteiger partial charge on any atom is 0.213 e. The van der Waals surface area contributed by atoms with Crippen LogP contribution in [0.4, 0.5) is 0 Å². The van der Waals surface area contributed by atoms with Crippen LogP contribution in [-0.4, -0.2) is 18.1 Å². The summed E-state index contributed by atoms with van der Waals surface area (Å²) in [6, 6.07) is 4.24. The van der Waals surface area contributed by atoms with Crippen molar-refractivity contribution in [3.8, 4) is 5.88 Å². The second kappa shape index (κ2) is 9.76. The van der Waals surface area contributed by atoms with Crippen molar-refractivity contribution in [3.63, 3.8) is 0 Å². The quantitative estimate of drug-likeness (QED) is 0.658. The summed E-state index contributed by atoms with van der Waals surface area (Å²) in [5.41, 5.74) is 2.38. The number of pyridine rings is 1. The van der Waals surface area contributed by atoms with Crippen molar-refractivity contribution in [1.29, 1.82) is 0 Å². The number of aromatic nitrogens is 1. The van der Waals surface area contributed by atoms with E-state index in [1.165, 1.54) is 18.4 Å². The Morgan fingerprint density at radius 1 is 1.20 bits per heavy atom. The Morgan fingerprint density at radius 2 is 2.00 bits per heavy atom. The first kappa shape index (κ1) is 17.0. The van der Waals surface area contributed by atoms with Gasteiger partial charge in [-0.3, -0.25) is 0 Å². The van der Waals surface area contributed by atoms with Crippen LogP contribution < -0.4 is 10.1 Å². The lowest BCUT2D eigenvalue weighted by atomic mass is 10.1. The van der Waals surface area contributed by atoms with E-state index in [1.54, 1.807) is 0 Å². The topological polar surface area (TPSA) is 34.2 Å². The number of aryl methyl sites for hydroxylation is 1. The van der Waals surface area contributed by atoms with E-state index in [-0.39, 0.29) is 0 Å². The van der Waals surface area contributed by atoms with Gasteiger partial charge in [-0.2, -0.15) is 0 Å². The molecule has 0 fully saturated rings. The Morgan fingerprint density at radius 3 is 2.65 bits per heavy atom. The number of hydrogen-bond donors (Lipinski definition) is 1. The van der Waals surface area contributed by atoms with E-state index >= 15 is 0 Å². The molecule has 0 amide bonds. The van der Waals surface area contributed by atoms with Crippen LogP contribution in [0.1, 0.15) is 58.2 Å². The molecule has 1 heterocycles. The molecule has 1 aromatic rings. The van der Waals surface area contributed by atoms with E-state index in [2.05, 4.69) is 50.1 Å². The number of nitrogens with one attached hydrogen (secondary N) is 1. The molecule has 0 aliphatic carbocycles. The molecule has 114 valence electrons. The van der Waals surface area contributed by atoms with E-state index in [4.69, 9.17) is 4.74 Å². The van der Waals surface area contributed by atoms with E-state index in [0.29, 0.717) is 5.92 Å². The van der Waals surface area contributed by atoms with Crippen molar-refractivity contribution < 1.29 is 4.74 Å². The highest BCUT2D eigenvalue weighted by Crippen LogP contribution is 2.15. The zero-order chi connectivity index (χ0) is 14.8.